The van der Waals surface area contributed by atoms with Gasteiger partial charge in [-0.3, -0.25) is 4.79 Å². The van der Waals surface area contributed by atoms with E-state index >= 15 is 0 Å². The minimum atomic E-state index is -5.32. The molecule has 17 heteroatoms. The number of nitrogens with one attached hydrogen (secondary N) is 3. The average Bonchev–Trinajstić information content (AvgIpc) is 3.86. The molecule has 5 atom stereocenters. The van der Waals surface area contributed by atoms with Gasteiger partial charge in [0.1, 0.15) is 11.7 Å². The Balaban J connectivity index is 1.35. The van der Waals surface area contributed by atoms with E-state index in [-0.39, 0.29) is 36.4 Å². The van der Waals surface area contributed by atoms with Gasteiger partial charge in [0.25, 0.3) is 0 Å². The van der Waals surface area contributed by atoms with Gasteiger partial charge in [-0.15, -0.1) is 0 Å². The number of anilines is 2. The molecular formula is C38H45F3N8O6. The molecule has 1 saturated heterocycles. The van der Waals surface area contributed by atoms with Crippen LogP contribution < -0.4 is 16.0 Å². The summed E-state index contributed by atoms with van der Waals surface area (Å²) >= 11 is 0. The molecule has 4 N–H and O–H groups in total. The van der Waals surface area contributed by atoms with Crippen molar-refractivity contribution in [1.82, 2.24) is 29.7 Å². The van der Waals surface area contributed by atoms with Crippen LogP contribution in [0.2, 0.25) is 0 Å². The molecule has 0 radical (unpaired) electrons. The Bertz CT molecular complexity index is 1930. The number of fused-ring (bicyclic) bond motifs is 1. The number of amides is 2. The highest BCUT2D eigenvalue weighted by atomic mass is 19.4. The molecule has 2 aromatic heterocycles. The summed E-state index contributed by atoms with van der Waals surface area (Å²) in [6.45, 7) is 8.08. The molecule has 6 rings (SSSR count). The van der Waals surface area contributed by atoms with Crippen molar-refractivity contribution in [2.75, 3.05) is 30.3 Å². The Kier molecular flexibility index (Phi) is 11.5. The van der Waals surface area contributed by atoms with E-state index in [0.717, 1.165) is 11.1 Å². The van der Waals surface area contributed by atoms with Crippen LogP contribution in [0.3, 0.4) is 0 Å². The zero-order valence-corrected chi connectivity index (χ0v) is 30.9. The highest BCUT2D eigenvalue weighted by Crippen LogP contribution is 2.37. The zero-order chi connectivity index (χ0) is 39.5. The molecule has 2 fully saturated rings. The number of imidazole rings is 1. The molecule has 0 spiro atoms. The number of likely N-dealkylation sites (tertiary alicyclic amines) is 1. The fourth-order valence-corrected chi connectivity index (χ4v) is 6.96. The second-order valence-corrected chi connectivity index (χ2v) is 14.7. The maximum absolute atomic E-state index is 13.3. The summed E-state index contributed by atoms with van der Waals surface area (Å²) in [4.78, 5) is 52.8. The van der Waals surface area contributed by atoms with Crippen molar-refractivity contribution in [2.45, 2.75) is 95.0 Å². The summed E-state index contributed by atoms with van der Waals surface area (Å²) in [5.41, 5.74) is 1.98. The van der Waals surface area contributed by atoms with Gasteiger partial charge in [-0.25, -0.2) is 14.6 Å². The molecule has 2 aliphatic rings. The van der Waals surface area contributed by atoms with Gasteiger partial charge in [0, 0.05) is 38.0 Å². The van der Waals surface area contributed by atoms with E-state index in [2.05, 4.69) is 20.9 Å². The van der Waals surface area contributed by atoms with Crippen LogP contribution >= 0.6 is 0 Å². The quantitative estimate of drug-likeness (QED) is 0.149. The number of nitrogens with zero attached hydrogens (tertiary/aromatic N) is 5. The smallest absolute Gasteiger partial charge is 0.451 e. The lowest BCUT2D eigenvalue weighted by atomic mass is 9.91. The van der Waals surface area contributed by atoms with Gasteiger partial charge >= 0.3 is 18.2 Å². The number of ether oxygens (including phenoxy) is 2. The van der Waals surface area contributed by atoms with Crippen LogP contribution in [0, 0.1) is 0 Å². The SMILES string of the molecule is CCC(=O)N[C@H]1C[C@@H](n2cnc3c(NCC(c4ccccc4)c4ccccc4)nc(N[C@@H]4CCN(C(=O)OC(C)(C)C)C4)nc32)[C@H](O)[C@@H]1OC(=O)C(F)(F)F. The highest BCUT2D eigenvalue weighted by Gasteiger charge is 2.51. The fraction of sp³-hybridized carbons (Fsp3) is 0.474. The zero-order valence-electron chi connectivity index (χ0n) is 30.9. The monoisotopic (exact) mass is 766 g/mol. The standard InChI is InChI=1S/C38H45F3N8O6/c1-5-28(50)45-26-18-27(30(51)31(26)54-34(52)38(39,40)41)49-21-43-29-32(42-19-25(22-12-8-6-9-13-22)23-14-10-7-11-15-23)46-35(47-33(29)49)44-24-16-17-48(20-24)36(53)55-37(2,3)4/h6-15,21,24-27,30-31,51H,5,16-20H2,1-4H3,(H,45,50)(H2,42,44,46,47)/t24-,26+,27-,30+,31-/m1/s1. The third-order valence-corrected chi connectivity index (χ3v) is 9.59. The van der Waals surface area contributed by atoms with E-state index in [1.807, 2.05) is 60.7 Å². The first-order valence-corrected chi connectivity index (χ1v) is 18.2. The summed E-state index contributed by atoms with van der Waals surface area (Å²) in [6, 6.07) is 17.4. The number of rotatable bonds is 11. The van der Waals surface area contributed by atoms with Crippen molar-refractivity contribution in [2.24, 2.45) is 0 Å². The van der Waals surface area contributed by atoms with Crippen molar-refractivity contribution in [3.8, 4) is 0 Å². The molecule has 294 valence electrons. The molecule has 1 aliphatic heterocycles. The van der Waals surface area contributed by atoms with Gasteiger partial charge in [-0.2, -0.15) is 23.1 Å². The first kappa shape index (κ1) is 39.2. The molecule has 1 aliphatic carbocycles. The van der Waals surface area contributed by atoms with E-state index in [1.165, 1.54) is 10.9 Å². The number of hydrogen-bond acceptors (Lipinski definition) is 11. The third-order valence-electron chi connectivity index (χ3n) is 9.59. The summed E-state index contributed by atoms with van der Waals surface area (Å²) in [5, 5.41) is 20.8. The Morgan fingerprint density at radius 2 is 1.65 bits per heavy atom. The molecule has 0 unspecified atom stereocenters. The van der Waals surface area contributed by atoms with Crippen molar-refractivity contribution >= 4 is 40.9 Å². The minimum Gasteiger partial charge on any atom is -0.451 e. The van der Waals surface area contributed by atoms with Crippen LogP contribution in [-0.4, -0.2) is 103 Å². The van der Waals surface area contributed by atoms with Crippen molar-refractivity contribution in [3.63, 3.8) is 0 Å². The first-order chi connectivity index (χ1) is 26.1. The molecule has 4 aromatic rings. The van der Waals surface area contributed by atoms with E-state index < -0.39 is 54.0 Å². The minimum absolute atomic E-state index is 0.0158. The van der Waals surface area contributed by atoms with Gasteiger partial charge in [-0.1, -0.05) is 67.6 Å². The number of carbonyl (C=O) groups is 3. The molecule has 0 bridgehead atoms. The predicted molar refractivity (Wildman–Crippen MR) is 196 cm³/mol. The molecule has 2 aromatic carbocycles. The van der Waals surface area contributed by atoms with Gasteiger partial charge < -0.3 is 40.0 Å². The number of esters is 1. The van der Waals surface area contributed by atoms with Crippen molar-refractivity contribution in [1.29, 1.82) is 0 Å². The fourth-order valence-electron chi connectivity index (χ4n) is 6.96. The van der Waals surface area contributed by atoms with E-state index in [9.17, 15) is 32.7 Å². The second-order valence-electron chi connectivity index (χ2n) is 14.7. The topological polar surface area (TPSA) is 173 Å². The maximum atomic E-state index is 13.3. The Labute approximate surface area is 315 Å². The summed E-state index contributed by atoms with van der Waals surface area (Å²) in [7, 11) is 0. The molecule has 55 heavy (non-hydrogen) atoms. The molecule has 14 nitrogen and oxygen atoms in total. The van der Waals surface area contributed by atoms with Crippen LogP contribution in [0.5, 0.6) is 0 Å². The van der Waals surface area contributed by atoms with Crippen LogP contribution in [-0.2, 0) is 19.1 Å². The maximum Gasteiger partial charge on any atom is 0.490 e. The number of aliphatic hydroxyl groups is 1. The number of hydrogen-bond donors (Lipinski definition) is 4. The largest absolute Gasteiger partial charge is 0.490 e. The molecule has 2 amide bonds. The van der Waals surface area contributed by atoms with Crippen LogP contribution in [0.4, 0.5) is 29.7 Å². The van der Waals surface area contributed by atoms with Crippen LogP contribution in [0.25, 0.3) is 11.2 Å². The number of aromatic nitrogens is 4. The lowest BCUT2D eigenvalue weighted by Gasteiger charge is -2.24. The van der Waals surface area contributed by atoms with Crippen LogP contribution in [0.15, 0.2) is 67.0 Å². The van der Waals surface area contributed by atoms with E-state index in [0.29, 0.717) is 37.4 Å². The normalized spacial score (nSPS) is 21.5. The number of aliphatic hydroxyl groups excluding tert-OH is 1. The predicted octanol–water partition coefficient (Wildman–Crippen LogP) is 5.17. The number of carbonyl (C=O) groups excluding carboxylic acids is 3. The lowest BCUT2D eigenvalue weighted by Crippen LogP contribution is -2.47. The molecule has 1 saturated carbocycles. The third kappa shape index (κ3) is 9.27. The summed E-state index contributed by atoms with van der Waals surface area (Å²) < 4.78 is 51.7. The summed E-state index contributed by atoms with van der Waals surface area (Å²) in [6.07, 6.45) is -7.26. The molecule has 3 heterocycles. The van der Waals surface area contributed by atoms with Gasteiger partial charge in [-0.05, 0) is 44.7 Å². The highest BCUT2D eigenvalue weighted by molar-refractivity contribution is 5.85. The van der Waals surface area contributed by atoms with Crippen molar-refractivity contribution in [3.05, 3.63) is 78.1 Å². The molecular weight excluding hydrogens is 721 g/mol. The lowest BCUT2D eigenvalue weighted by molar-refractivity contribution is -0.209. The van der Waals surface area contributed by atoms with Crippen molar-refractivity contribution < 1.29 is 42.1 Å². The Morgan fingerprint density at radius 1 is 1.00 bits per heavy atom. The van der Waals surface area contributed by atoms with Gasteiger partial charge in [0.05, 0.1) is 18.4 Å². The average molecular weight is 767 g/mol. The first-order valence-electron chi connectivity index (χ1n) is 18.2. The van der Waals surface area contributed by atoms with Gasteiger partial charge in [0.15, 0.2) is 23.1 Å². The Morgan fingerprint density at radius 3 is 2.25 bits per heavy atom. The van der Waals surface area contributed by atoms with Gasteiger partial charge in [0.2, 0.25) is 11.9 Å². The van der Waals surface area contributed by atoms with E-state index in [4.69, 9.17) is 19.4 Å². The number of halogens is 3. The van der Waals surface area contributed by atoms with Crippen LogP contribution in [0.1, 0.15) is 70.0 Å². The number of alkyl halides is 3. The second kappa shape index (κ2) is 16.1. The number of benzene rings is 2. The summed E-state index contributed by atoms with van der Waals surface area (Å²) in [5.74, 6) is -2.57. The Hall–Kier alpha value is -5.45. The van der Waals surface area contributed by atoms with E-state index in [1.54, 1.807) is 32.6 Å².